The summed E-state index contributed by atoms with van der Waals surface area (Å²) >= 11 is 0. The van der Waals surface area contributed by atoms with Crippen LogP contribution in [0.5, 0.6) is 5.75 Å². The van der Waals surface area contributed by atoms with Crippen LogP contribution in [-0.4, -0.2) is 23.6 Å². The molecule has 0 aliphatic rings. The van der Waals surface area contributed by atoms with E-state index >= 15 is 0 Å². The van der Waals surface area contributed by atoms with Gasteiger partial charge in [0.25, 0.3) is 0 Å². The summed E-state index contributed by atoms with van der Waals surface area (Å²) < 4.78 is 5.55. The molecular weight excluding hydrogens is 262 g/mol. The van der Waals surface area contributed by atoms with E-state index in [4.69, 9.17) is 4.74 Å². The Morgan fingerprint density at radius 2 is 2.00 bits per heavy atom. The number of rotatable bonds is 5. The second-order valence-corrected chi connectivity index (χ2v) is 5.26. The number of hydrogen-bond donors (Lipinski definition) is 1. The number of benzene rings is 1. The van der Waals surface area contributed by atoms with Crippen LogP contribution in [0, 0.1) is 6.92 Å². The molecular formula is C17H23N3O. The standard InChI is InChI=1S/C17H23N3O/c1-6-21-14-9-7-8-13(10-14)16-19-12(4)15(11(2)3)17(18-5)20-16/h7-11H,6H2,1-5H3,(H,18,19,20). The number of aromatic nitrogens is 2. The van der Waals surface area contributed by atoms with Gasteiger partial charge in [-0.3, -0.25) is 0 Å². The predicted octanol–water partition coefficient (Wildman–Crippen LogP) is 4.02. The number of anilines is 1. The summed E-state index contributed by atoms with van der Waals surface area (Å²) in [5, 5.41) is 3.19. The fraction of sp³-hybridized carbons (Fsp3) is 0.412. The first-order chi connectivity index (χ1) is 10.1. The molecule has 1 N–H and O–H groups in total. The zero-order valence-corrected chi connectivity index (χ0v) is 13.4. The van der Waals surface area contributed by atoms with Gasteiger partial charge in [-0.05, 0) is 31.9 Å². The van der Waals surface area contributed by atoms with Gasteiger partial charge < -0.3 is 10.1 Å². The highest BCUT2D eigenvalue weighted by molar-refractivity contribution is 5.61. The molecule has 1 aromatic heterocycles. The molecule has 0 amide bonds. The summed E-state index contributed by atoms with van der Waals surface area (Å²) in [7, 11) is 1.90. The molecule has 2 aromatic rings. The van der Waals surface area contributed by atoms with Gasteiger partial charge in [-0.15, -0.1) is 0 Å². The van der Waals surface area contributed by atoms with E-state index in [0.29, 0.717) is 12.5 Å². The highest BCUT2D eigenvalue weighted by atomic mass is 16.5. The van der Waals surface area contributed by atoms with E-state index in [1.54, 1.807) is 0 Å². The zero-order valence-electron chi connectivity index (χ0n) is 13.4. The fourth-order valence-corrected chi connectivity index (χ4v) is 2.48. The Morgan fingerprint density at radius 1 is 1.24 bits per heavy atom. The van der Waals surface area contributed by atoms with Crippen molar-refractivity contribution in [2.45, 2.75) is 33.6 Å². The zero-order chi connectivity index (χ0) is 15.4. The van der Waals surface area contributed by atoms with Crippen molar-refractivity contribution in [3.8, 4) is 17.1 Å². The average Bonchev–Trinajstić information content (AvgIpc) is 2.46. The van der Waals surface area contributed by atoms with Crippen molar-refractivity contribution < 1.29 is 4.74 Å². The van der Waals surface area contributed by atoms with Gasteiger partial charge in [-0.1, -0.05) is 26.0 Å². The molecule has 0 atom stereocenters. The maximum absolute atomic E-state index is 5.55. The summed E-state index contributed by atoms with van der Waals surface area (Å²) in [5.41, 5.74) is 3.15. The van der Waals surface area contributed by atoms with E-state index in [2.05, 4.69) is 29.1 Å². The maximum atomic E-state index is 5.55. The van der Waals surface area contributed by atoms with Crippen molar-refractivity contribution in [1.82, 2.24) is 9.97 Å². The van der Waals surface area contributed by atoms with Crippen molar-refractivity contribution in [2.75, 3.05) is 19.0 Å². The number of nitrogens with zero attached hydrogens (tertiary/aromatic N) is 2. The van der Waals surface area contributed by atoms with Crippen LogP contribution in [0.4, 0.5) is 5.82 Å². The van der Waals surface area contributed by atoms with Crippen LogP contribution in [0.15, 0.2) is 24.3 Å². The molecule has 1 heterocycles. The molecule has 112 valence electrons. The van der Waals surface area contributed by atoms with Gasteiger partial charge in [0.15, 0.2) is 5.82 Å². The van der Waals surface area contributed by atoms with Crippen LogP contribution in [-0.2, 0) is 0 Å². The first-order valence-electron chi connectivity index (χ1n) is 7.36. The van der Waals surface area contributed by atoms with E-state index in [-0.39, 0.29) is 0 Å². The molecule has 0 radical (unpaired) electrons. The van der Waals surface area contributed by atoms with Crippen LogP contribution in [0.3, 0.4) is 0 Å². The van der Waals surface area contributed by atoms with Crippen LogP contribution in [0.2, 0.25) is 0 Å². The van der Waals surface area contributed by atoms with Crippen LogP contribution in [0.1, 0.15) is 37.9 Å². The van der Waals surface area contributed by atoms with E-state index in [1.165, 1.54) is 5.56 Å². The molecule has 4 heteroatoms. The van der Waals surface area contributed by atoms with Gasteiger partial charge in [0.05, 0.1) is 6.61 Å². The molecule has 1 aromatic carbocycles. The molecule has 0 saturated heterocycles. The van der Waals surface area contributed by atoms with Gasteiger partial charge in [-0.2, -0.15) is 0 Å². The highest BCUT2D eigenvalue weighted by Crippen LogP contribution is 2.29. The SMILES string of the molecule is CCOc1cccc(-c2nc(C)c(C(C)C)c(NC)n2)c1. The van der Waals surface area contributed by atoms with Crippen molar-refractivity contribution in [3.05, 3.63) is 35.5 Å². The minimum Gasteiger partial charge on any atom is -0.494 e. The van der Waals surface area contributed by atoms with Gasteiger partial charge in [0.2, 0.25) is 0 Å². The minimum absolute atomic E-state index is 0.385. The van der Waals surface area contributed by atoms with Crippen molar-refractivity contribution in [1.29, 1.82) is 0 Å². The third-order valence-corrected chi connectivity index (χ3v) is 3.35. The largest absolute Gasteiger partial charge is 0.494 e. The second-order valence-electron chi connectivity index (χ2n) is 5.26. The Labute approximate surface area is 126 Å². The molecule has 0 fully saturated rings. The minimum atomic E-state index is 0.385. The Hall–Kier alpha value is -2.10. The monoisotopic (exact) mass is 285 g/mol. The van der Waals surface area contributed by atoms with Crippen molar-refractivity contribution >= 4 is 5.82 Å². The van der Waals surface area contributed by atoms with E-state index in [1.807, 2.05) is 45.2 Å². The lowest BCUT2D eigenvalue weighted by atomic mass is 10.0. The van der Waals surface area contributed by atoms with Gasteiger partial charge in [-0.25, -0.2) is 9.97 Å². The van der Waals surface area contributed by atoms with Crippen LogP contribution in [0.25, 0.3) is 11.4 Å². The summed E-state index contributed by atoms with van der Waals surface area (Å²) in [6.45, 7) is 8.97. The van der Waals surface area contributed by atoms with E-state index in [0.717, 1.165) is 28.6 Å². The molecule has 21 heavy (non-hydrogen) atoms. The number of aryl methyl sites for hydroxylation is 1. The fourth-order valence-electron chi connectivity index (χ4n) is 2.48. The highest BCUT2D eigenvalue weighted by Gasteiger charge is 2.15. The lowest BCUT2D eigenvalue weighted by Crippen LogP contribution is -2.07. The van der Waals surface area contributed by atoms with Crippen LogP contribution < -0.4 is 10.1 Å². The van der Waals surface area contributed by atoms with E-state index in [9.17, 15) is 0 Å². The van der Waals surface area contributed by atoms with E-state index < -0.39 is 0 Å². The number of ether oxygens (including phenoxy) is 1. The lowest BCUT2D eigenvalue weighted by Gasteiger charge is -2.16. The average molecular weight is 285 g/mol. The molecule has 0 spiro atoms. The number of hydrogen-bond acceptors (Lipinski definition) is 4. The Kier molecular flexibility index (Phi) is 4.78. The smallest absolute Gasteiger partial charge is 0.161 e. The normalized spacial score (nSPS) is 10.8. The quantitative estimate of drug-likeness (QED) is 0.901. The van der Waals surface area contributed by atoms with Crippen molar-refractivity contribution in [3.63, 3.8) is 0 Å². The van der Waals surface area contributed by atoms with Gasteiger partial charge >= 0.3 is 0 Å². The molecule has 2 rings (SSSR count). The van der Waals surface area contributed by atoms with Gasteiger partial charge in [0, 0.05) is 23.9 Å². The first-order valence-corrected chi connectivity index (χ1v) is 7.36. The molecule has 0 aliphatic carbocycles. The molecule has 0 unspecified atom stereocenters. The Bertz CT molecular complexity index is 623. The molecule has 0 aliphatic heterocycles. The first kappa shape index (κ1) is 15.3. The second kappa shape index (κ2) is 6.57. The number of nitrogens with one attached hydrogen (secondary N) is 1. The maximum Gasteiger partial charge on any atom is 0.161 e. The lowest BCUT2D eigenvalue weighted by molar-refractivity contribution is 0.340. The Balaban J connectivity index is 2.50. The summed E-state index contributed by atoms with van der Waals surface area (Å²) in [6.07, 6.45) is 0. The predicted molar refractivity (Wildman–Crippen MR) is 87.0 cm³/mol. The summed E-state index contributed by atoms with van der Waals surface area (Å²) in [5.74, 6) is 2.85. The van der Waals surface area contributed by atoms with Gasteiger partial charge in [0.1, 0.15) is 11.6 Å². The molecule has 4 nitrogen and oxygen atoms in total. The third kappa shape index (κ3) is 3.32. The molecule has 0 saturated carbocycles. The molecule has 0 bridgehead atoms. The van der Waals surface area contributed by atoms with Crippen LogP contribution >= 0.6 is 0 Å². The Morgan fingerprint density at radius 3 is 2.62 bits per heavy atom. The summed E-state index contributed by atoms with van der Waals surface area (Å²) in [6, 6.07) is 7.90. The third-order valence-electron chi connectivity index (χ3n) is 3.35. The summed E-state index contributed by atoms with van der Waals surface area (Å²) in [4.78, 5) is 9.33. The van der Waals surface area contributed by atoms with Crippen molar-refractivity contribution in [2.24, 2.45) is 0 Å². The topological polar surface area (TPSA) is 47.0 Å².